The highest BCUT2D eigenvalue weighted by Crippen LogP contribution is 2.24. The first-order valence-electron chi connectivity index (χ1n) is 5.97. The van der Waals surface area contributed by atoms with Crippen molar-refractivity contribution < 1.29 is 4.74 Å². The second kappa shape index (κ2) is 5.98. The molecular formula is C14H18N2OS. The van der Waals surface area contributed by atoms with Gasteiger partial charge in [0.15, 0.2) is 0 Å². The van der Waals surface area contributed by atoms with Crippen molar-refractivity contribution in [1.29, 1.82) is 0 Å². The third kappa shape index (κ3) is 3.09. The Balaban J connectivity index is 2.12. The lowest BCUT2D eigenvalue weighted by atomic mass is 10.1. The van der Waals surface area contributed by atoms with Crippen LogP contribution in [0.25, 0.3) is 0 Å². The van der Waals surface area contributed by atoms with Crippen molar-refractivity contribution >= 4 is 11.3 Å². The van der Waals surface area contributed by atoms with Gasteiger partial charge in [-0.05, 0) is 26.5 Å². The summed E-state index contributed by atoms with van der Waals surface area (Å²) in [6.45, 7) is 5.42. The fraction of sp³-hybridized carbons (Fsp3) is 0.357. The number of aromatic nitrogens is 1. The molecule has 1 aromatic carbocycles. The summed E-state index contributed by atoms with van der Waals surface area (Å²) in [5.74, 6) is 0.970. The van der Waals surface area contributed by atoms with E-state index in [4.69, 9.17) is 4.74 Å². The molecule has 0 aliphatic rings. The van der Waals surface area contributed by atoms with Gasteiger partial charge in [-0.2, -0.15) is 0 Å². The van der Waals surface area contributed by atoms with E-state index in [0.717, 1.165) is 28.6 Å². The maximum absolute atomic E-state index is 5.92. The zero-order chi connectivity index (χ0) is 13.0. The van der Waals surface area contributed by atoms with Gasteiger partial charge in [-0.3, -0.25) is 0 Å². The lowest BCUT2D eigenvalue weighted by Gasteiger charge is -2.13. The van der Waals surface area contributed by atoms with E-state index in [0.29, 0.717) is 6.61 Å². The minimum Gasteiger partial charge on any atom is -0.487 e. The van der Waals surface area contributed by atoms with Gasteiger partial charge in [0.05, 0.1) is 10.7 Å². The second-order valence-electron chi connectivity index (χ2n) is 4.24. The van der Waals surface area contributed by atoms with Crippen LogP contribution >= 0.6 is 11.3 Å². The van der Waals surface area contributed by atoms with Crippen LogP contribution in [0.2, 0.25) is 0 Å². The van der Waals surface area contributed by atoms with E-state index in [2.05, 4.69) is 35.4 Å². The summed E-state index contributed by atoms with van der Waals surface area (Å²) in [6, 6.07) is 6.22. The van der Waals surface area contributed by atoms with E-state index in [1.54, 1.807) is 11.3 Å². The maximum Gasteiger partial charge on any atom is 0.131 e. The Morgan fingerprint density at radius 3 is 2.83 bits per heavy atom. The van der Waals surface area contributed by atoms with Crippen LogP contribution in [0.3, 0.4) is 0 Å². The lowest BCUT2D eigenvalue weighted by molar-refractivity contribution is 0.296. The summed E-state index contributed by atoms with van der Waals surface area (Å²) in [4.78, 5) is 4.41. The normalized spacial score (nSPS) is 10.6. The molecule has 1 N–H and O–H groups in total. The van der Waals surface area contributed by atoms with Crippen LogP contribution in [0.15, 0.2) is 23.6 Å². The Kier molecular flexibility index (Phi) is 4.33. The SMILES string of the molecule is CNCc1cccc(C)c1OCc1csc(C)n1. The molecule has 2 rings (SSSR count). The maximum atomic E-state index is 5.92. The third-order valence-corrected chi connectivity index (χ3v) is 3.51. The van der Waals surface area contributed by atoms with Gasteiger partial charge in [-0.1, -0.05) is 18.2 Å². The molecule has 0 saturated heterocycles. The van der Waals surface area contributed by atoms with Gasteiger partial charge in [0.1, 0.15) is 12.4 Å². The summed E-state index contributed by atoms with van der Waals surface area (Å²) in [7, 11) is 1.94. The van der Waals surface area contributed by atoms with E-state index >= 15 is 0 Å². The van der Waals surface area contributed by atoms with E-state index in [-0.39, 0.29) is 0 Å². The van der Waals surface area contributed by atoms with E-state index in [9.17, 15) is 0 Å². The number of rotatable bonds is 5. The number of ether oxygens (including phenoxy) is 1. The standard InChI is InChI=1S/C14H18N2OS/c1-10-5-4-6-12(7-15-3)14(10)17-8-13-9-18-11(2)16-13/h4-6,9,15H,7-8H2,1-3H3. The van der Waals surface area contributed by atoms with Crippen LogP contribution in [-0.2, 0) is 13.2 Å². The Labute approximate surface area is 112 Å². The average Bonchev–Trinajstić information content (AvgIpc) is 2.75. The van der Waals surface area contributed by atoms with Gasteiger partial charge in [0, 0.05) is 17.5 Å². The molecule has 0 radical (unpaired) electrons. The van der Waals surface area contributed by atoms with Gasteiger partial charge in [0.2, 0.25) is 0 Å². The molecule has 1 aromatic heterocycles. The van der Waals surface area contributed by atoms with Crippen molar-refractivity contribution in [3.8, 4) is 5.75 Å². The highest BCUT2D eigenvalue weighted by atomic mass is 32.1. The van der Waals surface area contributed by atoms with Crippen LogP contribution in [0.1, 0.15) is 21.8 Å². The number of nitrogens with one attached hydrogen (secondary N) is 1. The summed E-state index contributed by atoms with van der Waals surface area (Å²) < 4.78 is 5.92. The first kappa shape index (κ1) is 13.1. The number of nitrogens with zero attached hydrogens (tertiary/aromatic N) is 1. The molecule has 0 aliphatic carbocycles. The van der Waals surface area contributed by atoms with Gasteiger partial charge in [0.25, 0.3) is 0 Å². The Morgan fingerprint density at radius 1 is 1.33 bits per heavy atom. The van der Waals surface area contributed by atoms with Crippen molar-refractivity contribution in [2.45, 2.75) is 27.0 Å². The molecule has 3 nitrogen and oxygen atoms in total. The van der Waals surface area contributed by atoms with Crippen LogP contribution in [0, 0.1) is 13.8 Å². The highest BCUT2D eigenvalue weighted by Gasteiger charge is 2.07. The number of thiazole rings is 1. The molecule has 0 fully saturated rings. The van der Waals surface area contributed by atoms with Crippen LogP contribution < -0.4 is 10.1 Å². The van der Waals surface area contributed by atoms with Crippen LogP contribution in [-0.4, -0.2) is 12.0 Å². The Morgan fingerprint density at radius 2 is 2.17 bits per heavy atom. The predicted octanol–water partition coefficient (Wildman–Crippen LogP) is 3.06. The smallest absolute Gasteiger partial charge is 0.131 e. The number of benzene rings is 1. The molecule has 0 unspecified atom stereocenters. The van der Waals surface area contributed by atoms with Crippen molar-refractivity contribution in [2.24, 2.45) is 0 Å². The Hall–Kier alpha value is -1.39. The fourth-order valence-electron chi connectivity index (χ4n) is 1.87. The van der Waals surface area contributed by atoms with Crippen LogP contribution in [0.5, 0.6) is 5.75 Å². The molecule has 1 heterocycles. The monoisotopic (exact) mass is 262 g/mol. The molecular weight excluding hydrogens is 244 g/mol. The van der Waals surface area contributed by atoms with Crippen LogP contribution in [0.4, 0.5) is 0 Å². The van der Waals surface area contributed by atoms with E-state index in [1.165, 1.54) is 5.56 Å². The van der Waals surface area contributed by atoms with Gasteiger partial charge in [-0.25, -0.2) is 4.98 Å². The van der Waals surface area contributed by atoms with Crippen molar-refractivity contribution in [3.63, 3.8) is 0 Å². The van der Waals surface area contributed by atoms with Crippen molar-refractivity contribution in [3.05, 3.63) is 45.4 Å². The molecule has 0 aliphatic heterocycles. The minimum atomic E-state index is 0.534. The summed E-state index contributed by atoms with van der Waals surface area (Å²) in [5.41, 5.74) is 3.34. The fourth-order valence-corrected chi connectivity index (χ4v) is 2.47. The molecule has 0 saturated carbocycles. The predicted molar refractivity (Wildman–Crippen MR) is 75.1 cm³/mol. The Bertz CT molecular complexity index is 522. The van der Waals surface area contributed by atoms with Gasteiger partial charge < -0.3 is 10.1 Å². The number of hydrogen-bond donors (Lipinski definition) is 1. The first-order valence-corrected chi connectivity index (χ1v) is 6.85. The summed E-state index contributed by atoms with van der Waals surface area (Å²) in [5, 5.41) is 6.28. The lowest BCUT2D eigenvalue weighted by Crippen LogP contribution is -2.08. The zero-order valence-electron chi connectivity index (χ0n) is 11.0. The molecule has 0 atom stereocenters. The first-order chi connectivity index (χ1) is 8.70. The number of para-hydroxylation sites is 1. The quantitative estimate of drug-likeness (QED) is 0.899. The molecule has 4 heteroatoms. The third-order valence-electron chi connectivity index (χ3n) is 2.69. The summed E-state index contributed by atoms with van der Waals surface area (Å²) in [6.07, 6.45) is 0. The summed E-state index contributed by atoms with van der Waals surface area (Å²) >= 11 is 1.65. The average molecular weight is 262 g/mol. The zero-order valence-corrected chi connectivity index (χ0v) is 11.8. The van der Waals surface area contributed by atoms with Gasteiger partial charge in [-0.15, -0.1) is 11.3 Å². The molecule has 0 amide bonds. The molecule has 96 valence electrons. The molecule has 2 aromatic rings. The number of hydrogen-bond acceptors (Lipinski definition) is 4. The second-order valence-corrected chi connectivity index (χ2v) is 5.30. The molecule has 0 spiro atoms. The number of aryl methyl sites for hydroxylation is 2. The van der Waals surface area contributed by atoms with Crippen molar-refractivity contribution in [2.75, 3.05) is 7.05 Å². The van der Waals surface area contributed by atoms with E-state index < -0.39 is 0 Å². The molecule has 18 heavy (non-hydrogen) atoms. The van der Waals surface area contributed by atoms with E-state index in [1.807, 2.05) is 19.4 Å². The molecule has 0 bridgehead atoms. The topological polar surface area (TPSA) is 34.1 Å². The largest absolute Gasteiger partial charge is 0.487 e. The van der Waals surface area contributed by atoms with Crippen molar-refractivity contribution in [1.82, 2.24) is 10.3 Å². The van der Waals surface area contributed by atoms with Gasteiger partial charge >= 0.3 is 0 Å². The highest BCUT2D eigenvalue weighted by molar-refractivity contribution is 7.09. The minimum absolute atomic E-state index is 0.534.